The standard InChI is InChI=1S/C17H12F6IN4OP/c1-7-11(19)6-26-15(17(21,22)23)13(7)27-16(29)10(18)4-8-2-3-9(5-25)14(12(8)20)28-30-24/h2-6,25,28,30H,1H3,(H,27,29)/b10-4-,25-5?. The number of benzene rings is 1. The highest BCUT2D eigenvalue weighted by molar-refractivity contribution is 14.2. The van der Waals surface area contributed by atoms with Gasteiger partial charge in [0, 0.05) is 29.3 Å². The minimum atomic E-state index is -5.03. The first kappa shape index (κ1) is 24.1. The van der Waals surface area contributed by atoms with Crippen LogP contribution in [-0.2, 0) is 11.0 Å². The number of nitrogens with zero attached hydrogens (tertiary/aromatic N) is 1. The zero-order chi connectivity index (χ0) is 22.6. The molecule has 3 N–H and O–H groups in total. The summed E-state index contributed by atoms with van der Waals surface area (Å²) in [5.41, 5.74) is -3.52. The van der Waals surface area contributed by atoms with E-state index in [1.807, 2.05) is 22.0 Å². The molecule has 2 aromatic rings. The number of carbonyl (C=O) groups is 1. The van der Waals surface area contributed by atoms with E-state index in [0.29, 0.717) is 12.3 Å². The highest BCUT2D eigenvalue weighted by Crippen LogP contribution is 2.36. The molecule has 13 heteroatoms. The molecule has 0 saturated heterocycles. The number of halogens is 7. The van der Waals surface area contributed by atoms with E-state index in [4.69, 9.17) is 5.41 Å². The molecule has 0 aliphatic heterocycles. The van der Waals surface area contributed by atoms with Gasteiger partial charge in [0.2, 0.25) is 0 Å². The molecule has 1 atom stereocenters. The first-order valence-corrected chi connectivity index (χ1v) is 12.0. The van der Waals surface area contributed by atoms with Crippen molar-refractivity contribution in [1.82, 2.24) is 4.98 Å². The Labute approximate surface area is 181 Å². The first-order chi connectivity index (χ1) is 14.0. The third-order valence-electron chi connectivity index (χ3n) is 3.82. The number of alkyl halides is 3. The van der Waals surface area contributed by atoms with Gasteiger partial charge in [0.25, 0.3) is 5.91 Å². The molecule has 2 rings (SSSR count). The lowest BCUT2D eigenvalue weighted by Gasteiger charge is -2.15. The molecule has 0 aliphatic carbocycles. The van der Waals surface area contributed by atoms with Crippen molar-refractivity contribution in [1.29, 1.82) is 5.41 Å². The van der Waals surface area contributed by atoms with Crippen molar-refractivity contribution in [3.05, 3.63) is 58.2 Å². The lowest BCUT2D eigenvalue weighted by Crippen LogP contribution is -2.20. The van der Waals surface area contributed by atoms with Crippen LogP contribution in [0.5, 0.6) is 0 Å². The second-order valence-electron chi connectivity index (χ2n) is 5.70. The van der Waals surface area contributed by atoms with Gasteiger partial charge < -0.3 is 15.8 Å². The molecule has 1 amide bonds. The maximum Gasteiger partial charge on any atom is 0.435 e. The molecule has 0 radical (unpaired) electrons. The van der Waals surface area contributed by atoms with Crippen molar-refractivity contribution in [3.8, 4) is 0 Å². The number of pyridine rings is 1. The number of nitrogens with one attached hydrogen (secondary N) is 3. The molecule has 160 valence electrons. The molecule has 0 saturated carbocycles. The van der Waals surface area contributed by atoms with Crippen LogP contribution in [-0.4, -0.2) is 17.1 Å². The summed E-state index contributed by atoms with van der Waals surface area (Å²) in [6.07, 6.45) is -3.32. The fourth-order valence-electron chi connectivity index (χ4n) is 2.34. The van der Waals surface area contributed by atoms with Gasteiger partial charge in [0.1, 0.15) is 5.82 Å². The van der Waals surface area contributed by atoms with E-state index in [9.17, 15) is 31.1 Å². The van der Waals surface area contributed by atoms with Crippen LogP contribution in [0.1, 0.15) is 22.4 Å². The van der Waals surface area contributed by atoms with Crippen LogP contribution in [0.25, 0.3) is 6.08 Å². The zero-order valence-electron chi connectivity index (χ0n) is 14.9. The predicted octanol–water partition coefficient (Wildman–Crippen LogP) is 5.99. The van der Waals surface area contributed by atoms with Crippen molar-refractivity contribution in [2.75, 3.05) is 10.4 Å². The minimum Gasteiger partial charge on any atom is -0.356 e. The zero-order valence-corrected chi connectivity index (χ0v) is 18.0. The van der Waals surface area contributed by atoms with Gasteiger partial charge in [-0.3, -0.25) is 4.79 Å². The summed E-state index contributed by atoms with van der Waals surface area (Å²) in [5.74, 6) is -5.35. The number of amides is 1. The molecule has 1 aromatic carbocycles. The van der Waals surface area contributed by atoms with Crippen LogP contribution >= 0.6 is 28.4 Å². The molecule has 0 spiro atoms. The quantitative estimate of drug-likeness (QED) is 0.134. The van der Waals surface area contributed by atoms with E-state index >= 15 is 0 Å². The third kappa shape index (κ3) is 5.28. The molecular weight excluding hydrogens is 548 g/mol. The molecule has 0 aliphatic rings. The monoisotopic (exact) mass is 560 g/mol. The van der Waals surface area contributed by atoms with E-state index in [2.05, 4.69) is 10.1 Å². The lowest BCUT2D eigenvalue weighted by atomic mass is 10.1. The van der Waals surface area contributed by atoms with Crippen molar-refractivity contribution < 1.29 is 31.1 Å². The Morgan fingerprint density at radius 3 is 2.43 bits per heavy atom. The van der Waals surface area contributed by atoms with Gasteiger partial charge in [0.05, 0.1) is 17.6 Å². The Balaban J connectivity index is 2.43. The Morgan fingerprint density at radius 1 is 1.23 bits per heavy atom. The first-order valence-electron chi connectivity index (χ1n) is 7.86. The predicted molar refractivity (Wildman–Crippen MR) is 112 cm³/mol. The van der Waals surface area contributed by atoms with Crippen LogP contribution in [0.4, 0.5) is 37.7 Å². The van der Waals surface area contributed by atoms with E-state index in [0.717, 1.165) is 19.2 Å². The number of hydrogen-bond donors (Lipinski definition) is 3. The summed E-state index contributed by atoms with van der Waals surface area (Å²) in [7, 11) is 0. The van der Waals surface area contributed by atoms with E-state index in [1.165, 1.54) is 6.07 Å². The van der Waals surface area contributed by atoms with Crippen LogP contribution in [0.3, 0.4) is 0 Å². The van der Waals surface area contributed by atoms with Crippen molar-refractivity contribution >= 4 is 58.0 Å². The minimum absolute atomic E-state index is 0.0239. The topological polar surface area (TPSA) is 77.9 Å². The second kappa shape index (κ2) is 9.73. The summed E-state index contributed by atoms with van der Waals surface area (Å²) in [4.78, 5) is 15.0. The molecule has 1 aromatic heterocycles. The molecule has 1 unspecified atom stereocenters. The van der Waals surface area contributed by atoms with Crippen LogP contribution < -0.4 is 10.4 Å². The molecule has 0 fully saturated rings. The number of rotatable bonds is 6. The number of aromatic nitrogens is 1. The third-order valence-corrected chi connectivity index (χ3v) is 4.97. The lowest BCUT2D eigenvalue weighted by molar-refractivity contribution is -0.140. The summed E-state index contributed by atoms with van der Waals surface area (Å²) < 4.78 is 81.8. The average Bonchev–Trinajstić information content (AvgIpc) is 2.67. The van der Waals surface area contributed by atoms with Gasteiger partial charge in [0.15, 0.2) is 17.3 Å². The Bertz CT molecular complexity index is 1030. The highest BCUT2D eigenvalue weighted by Gasteiger charge is 2.37. The smallest absolute Gasteiger partial charge is 0.356 e. The summed E-state index contributed by atoms with van der Waals surface area (Å²) >= 11 is 1.91. The van der Waals surface area contributed by atoms with E-state index in [1.54, 1.807) is 5.32 Å². The van der Waals surface area contributed by atoms with E-state index in [-0.39, 0.29) is 23.2 Å². The molecule has 5 nitrogen and oxygen atoms in total. The van der Waals surface area contributed by atoms with E-state index < -0.39 is 46.5 Å². The summed E-state index contributed by atoms with van der Waals surface area (Å²) in [6.45, 7) is 0.960. The summed E-state index contributed by atoms with van der Waals surface area (Å²) in [5, 5.41) is 11.6. The molecule has 30 heavy (non-hydrogen) atoms. The Morgan fingerprint density at radius 2 is 1.87 bits per heavy atom. The van der Waals surface area contributed by atoms with Gasteiger partial charge in [-0.25, -0.2) is 18.2 Å². The van der Waals surface area contributed by atoms with Crippen LogP contribution in [0, 0.1) is 24.0 Å². The number of anilines is 2. The molecule has 1 heterocycles. The largest absolute Gasteiger partial charge is 0.435 e. The fraction of sp³-hybridized carbons (Fsp3) is 0.118. The summed E-state index contributed by atoms with van der Waals surface area (Å²) in [6, 6.07) is 2.40. The average molecular weight is 560 g/mol. The Hall–Kier alpha value is -2.21. The Kier molecular flexibility index (Phi) is 7.81. The van der Waals surface area contributed by atoms with Crippen molar-refractivity contribution in [3.63, 3.8) is 0 Å². The van der Waals surface area contributed by atoms with Crippen LogP contribution in [0.15, 0.2) is 24.2 Å². The number of hydrogen-bond acceptors (Lipinski definition) is 4. The van der Waals surface area contributed by atoms with Gasteiger partial charge in [-0.1, -0.05) is 12.1 Å². The highest BCUT2D eigenvalue weighted by atomic mass is 127. The number of carbonyl (C=O) groups excluding carboxylic acids is 1. The molecular formula is C17H12F6IN4OP. The normalized spacial score (nSPS) is 12.3. The van der Waals surface area contributed by atoms with Crippen molar-refractivity contribution in [2.45, 2.75) is 13.1 Å². The molecule has 0 bridgehead atoms. The second-order valence-corrected chi connectivity index (χ2v) is 7.75. The maximum absolute atomic E-state index is 14.6. The van der Waals surface area contributed by atoms with Gasteiger partial charge in [-0.05, 0) is 35.0 Å². The van der Waals surface area contributed by atoms with Gasteiger partial charge >= 0.3 is 6.18 Å². The van der Waals surface area contributed by atoms with Gasteiger partial charge in [-0.15, -0.1) is 0 Å². The van der Waals surface area contributed by atoms with Gasteiger partial charge in [-0.2, -0.15) is 13.2 Å². The fourth-order valence-corrected chi connectivity index (χ4v) is 3.49. The SMILES string of the molecule is Cc1c(F)cnc(C(F)(F)F)c1NC(=O)/C(F)=C/c1ccc(C=N)c(NPI)c1F. The van der Waals surface area contributed by atoms with Crippen LogP contribution in [0.2, 0.25) is 0 Å². The van der Waals surface area contributed by atoms with Crippen molar-refractivity contribution in [2.24, 2.45) is 0 Å². The maximum atomic E-state index is 14.6.